The van der Waals surface area contributed by atoms with Crippen molar-refractivity contribution in [2.45, 2.75) is 38.1 Å². The highest BCUT2D eigenvalue weighted by molar-refractivity contribution is 7.99. The molecule has 6 heteroatoms. The van der Waals surface area contributed by atoms with Crippen molar-refractivity contribution in [1.82, 2.24) is 10.6 Å². The molecule has 3 unspecified atom stereocenters. The SMILES string of the molecule is CSC(CO)C(C)NC(=O)C(C)NC(C)=O. The fourth-order valence-corrected chi connectivity index (χ4v) is 1.87. The predicted molar refractivity (Wildman–Crippen MR) is 65.3 cm³/mol. The van der Waals surface area contributed by atoms with E-state index in [1.54, 1.807) is 6.92 Å². The van der Waals surface area contributed by atoms with Gasteiger partial charge in [0.1, 0.15) is 6.04 Å². The summed E-state index contributed by atoms with van der Waals surface area (Å²) in [5, 5.41) is 14.3. The number of aliphatic hydroxyl groups is 1. The molecule has 3 atom stereocenters. The number of hydrogen-bond donors (Lipinski definition) is 3. The van der Waals surface area contributed by atoms with Crippen LogP contribution in [0, 0.1) is 0 Å². The number of carbonyl (C=O) groups is 2. The van der Waals surface area contributed by atoms with Gasteiger partial charge in [-0.15, -0.1) is 0 Å². The molecule has 0 aromatic heterocycles. The normalized spacial score (nSPS) is 16.1. The van der Waals surface area contributed by atoms with Gasteiger partial charge in [-0.1, -0.05) is 0 Å². The molecule has 3 N–H and O–H groups in total. The second kappa shape index (κ2) is 7.51. The first kappa shape index (κ1) is 15.2. The number of hydrogen-bond acceptors (Lipinski definition) is 4. The lowest BCUT2D eigenvalue weighted by atomic mass is 10.2. The standard InChI is InChI=1S/C10H20N2O3S/c1-6(9(5-13)16-4)12-10(15)7(2)11-8(3)14/h6-7,9,13H,5H2,1-4H3,(H,11,14)(H,12,15). The van der Waals surface area contributed by atoms with Gasteiger partial charge >= 0.3 is 0 Å². The summed E-state index contributed by atoms with van der Waals surface area (Å²) in [6.07, 6.45) is 1.88. The Morgan fingerprint density at radius 3 is 2.25 bits per heavy atom. The Morgan fingerprint density at radius 2 is 1.88 bits per heavy atom. The van der Waals surface area contributed by atoms with E-state index in [2.05, 4.69) is 10.6 Å². The minimum atomic E-state index is -0.554. The van der Waals surface area contributed by atoms with Crippen LogP contribution in [0.2, 0.25) is 0 Å². The molecule has 0 aliphatic rings. The number of amides is 2. The first-order chi connectivity index (χ1) is 7.42. The van der Waals surface area contributed by atoms with Crippen LogP contribution >= 0.6 is 11.8 Å². The van der Waals surface area contributed by atoms with E-state index < -0.39 is 6.04 Å². The second-order valence-electron chi connectivity index (χ2n) is 3.68. The molecule has 0 aliphatic heterocycles. The first-order valence-electron chi connectivity index (χ1n) is 5.13. The Balaban J connectivity index is 4.17. The van der Waals surface area contributed by atoms with Crippen LogP contribution in [0.15, 0.2) is 0 Å². The largest absolute Gasteiger partial charge is 0.395 e. The van der Waals surface area contributed by atoms with Gasteiger partial charge < -0.3 is 15.7 Å². The predicted octanol–water partition coefficient (Wildman–Crippen LogP) is -0.260. The highest BCUT2D eigenvalue weighted by Crippen LogP contribution is 2.10. The average molecular weight is 248 g/mol. The van der Waals surface area contributed by atoms with E-state index >= 15 is 0 Å². The van der Waals surface area contributed by atoms with Gasteiger partial charge in [-0.25, -0.2) is 0 Å². The second-order valence-corrected chi connectivity index (χ2v) is 4.75. The molecule has 0 rings (SSSR count). The Kier molecular flexibility index (Phi) is 7.16. The van der Waals surface area contributed by atoms with Crippen molar-refractivity contribution >= 4 is 23.6 Å². The van der Waals surface area contributed by atoms with E-state index in [4.69, 9.17) is 5.11 Å². The van der Waals surface area contributed by atoms with Gasteiger partial charge in [0.15, 0.2) is 0 Å². The molecule has 0 bridgehead atoms. The number of aliphatic hydroxyl groups excluding tert-OH is 1. The lowest BCUT2D eigenvalue weighted by Gasteiger charge is -2.23. The van der Waals surface area contributed by atoms with Crippen molar-refractivity contribution < 1.29 is 14.7 Å². The number of nitrogens with one attached hydrogen (secondary N) is 2. The molecule has 0 aromatic carbocycles. The van der Waals surface area contributed by atoms with Crippen molar-refractivity contribution in [3.63, 3.8) is 0 Å². The summed E-state index contributed by atoms with van der Waals surface area (Å²) in [5.74, 6) is -0.478. The molecule has 0 radical (unpaired) electrons. The molecule has 2 amide bonds. The lowest BCUT2D eigenvalue weighted by molar-refractivity contribution is -0.128. The van der Waals surface area contributed by atoms with E-state index in [1.165, 1.54) is 18.7 Å². The summed E-state index contributed by atoms with van der Waals surface area (Å²) >= 11 is 1.49. The Labute approximate surface area is 100 Å². The highest BCUT2D eigenvalue weighted by atomic mass is 32.2. The molecule has 0 fully saturated rings. The fourth-order valence-electron chi connectivity index (χ4n) is 1.25. The molecule has 94 valence electrons. The lowest BCUT2D eigenvalue weighted by Crippen LogP contribution is -2.49. The van der Waals surface area contributed by atoms with Crippen molar-refractivity contribution in [3.05, 3.63) is 0 Å². The minimum absolute atomic E-state index is 0.0110. The monoisotopic (exact) mass is 248 g/mol. The zero-order chi connectivity index (χ0) is 12.7. The maximum absolute atomic E-state index is 11.6. The van der Waals surface area contributed by atoms with Crippen LogP contribution < -0.4 is 10.6 Å². The smallest absolute Gasteiger partial charge is 0.242 e. The summed E-state index contributed by atoms with van der Waals surface area (Å²) in [6.45, 7) is 4.83. The van der Waals surface area contributed by atoms with Crippen molar-refractivity contribution in [2.24, 2.45) is 0 Å². The quantitative estimate of drug-likeness (QED) is 0.605. The van der Waals surface area contributed by atoms with Gasteiger partial charge in [-0.05, 0) is 20.1 Å². The fraction of sp³-hybridized carbons (Fsp3) is 0.800. The van der Waals surface area contributed by atoms with E-state index in [0.29, 0.717) is 0 Å². The van der Waals surface area contributed by atoms with E-state index in [9.17, 15) is 9.59 Å². The Hall–Kier alpha value is -0.750. The molecular formula is C10H20N2O3S. The summed E-state index contributed by atoms with van der Waals surface area (Å²) in [7, 11) is 0. The third-order valence-corrected chi connectivity index (χ3v) is 3.39. The van der Waals surface area contributed by atoms with Crippen LogP contribution in [0.25, 0.3) is 0 Å². The highest BCUT2D eigenvalue weighted by Gasteiger charge is 2.20. The topological polar surface area (TPSA) is 78.4 Å². The maximum atomic E-state index is 11.6. The van der Waals surface area contributed by atoms with Crippen LogP contribution in [0.1, 0.15) is 20.8 Å². The molecule has 5 nitrogen and oxygen atoms in total. The minimum Gasteiger partial charge on any atom is -0.395 e. The van der Waals surface area contributed by atoms with E-state index in [-0.39, 0.29) is 29.7 Å². The number of carbonyl (C=O) groups excluding carboxylic acids is 2. The third-order valence-electron chi connectivity index (χ3n) is 2.22. The molecule has 16 heavy (non-hydrogen) atoms. The van der Waals surface area contributed by atoms with Gasteiger partial charge in [0.25, 0.3) is 0 Å². The third kappa shape index (κ3) is 5.37. The molecule has 0 aromatic rings. The van der Waals surface area contributed by atoms with Crippen LogP contribution in [-0.2, 0) is 9.59 Å². The summed E-state index contributed by atoms with van der Waals surface area (Å²) < 4.78 is 0. The van der Waals surface area contributed by atoms with Gasteiger partial charge in [-0.2, -0.15) is 11.8 Å². The molecule has 0 spiro atoms. The first-order valence-corrected chi connectivity index (χ1v) is 6.42. The van der Waals surface area contributed by atoms with E-state index in [1.807, 2.05) is 13.2 Å². The molecular weight excluding hydrogens is 228 g/mol. The van der Waals surface area contributed by atoms with Gasteiger partial charge in [0.05, 0.1) is 6.61 Å². The van der Waals surface area contributed by atoms with Crippen LogP contribution in [0.4, 0.5) is 0 Å². The van der Waals surface area contributed by atoms with Crippen molar-refractivity contribution in [3.8, 4) is 0 Å². The molecule has 0 saturated carbocycles. The van der Waals surface area contributed by atoms with Crippen LogP contribution in [-0.4, -0.2) is 47.1 Å². The van der Waals surface area contributed by atoms with E-state index in [0.717, 1.165) is 0 Å². The Morgan fingerprint density at radius 1 is 1.31 bits per heavy atom. The van der Waals surface area contributed by atoms with Crippen LogP contribution in [0.3, 0.4) is 0 Å². The summed E-state index contributed by atoms with van der Waals surface area (Å²) in [4.78, 5) is 22.4. The maximum Gasteiger partial charge on any atom is 0.242 e. The van der Waals surface area contributed by atoms with Crippen molar-refractivity contribution in [1.29, 1.82) is 0 Å². The molecule has 0 aliphatic carbocycles. The van der Waals surface area contributed by atoms with Crippen molar-refractivity contribution in [2.75, 3.05) is 12.9 Å². The zero-order valence-corrected chi connectivity index (χ0v) is 10.9. The summed E-state index contributed by atoms with van der Waals surface area (Å²) in [6, 6.07) is -0.690. The van der Waals surface area contributed by atoms with Gasteiger partial charge in [0, 0.05) is 18.2 Å². The summed E-state index contributed by atoms with van der Waals surface area (Å²) in [5.41, 5.74) is 0. The van der Waals surface area contributed by atoms with Gasteiger partial charge in [0.2, 0.25) is 11.8 Å². The number of rotatable bonds is 6. The van der Waals surface area contributed by atoms with Gasteiger partial charge in [-0.3, -0.25) is 9.59 Å². The molecule has 0 saturated heterocycles. The zero-order valence-electron chi connectivity index (χ0n) is 10.1. The average Bonchev–Trinajstić information content (AvgIpc) is 2.18. The number of thioether (sulfide) groups is 1. The molecule has 0 heterocycles. The van der Waals surface area contributed by atoms with Crippen LogP contribution in [0.5, 0.6) is 0 Å². The Bertz CT molecular complexity index is 244.